The zero-order valence-electron chi connectivity index (χ0n) is 9.26. The molecule has 1 aliphatic carbocycles. The molecule has 0 aromatic carbocycles. The minimum Gasteiger partial charge on any atom is -0.258 e. The molecule has 1 aliphatic rings. The Morgan fingerprint density at radius 2 is 2.22 bits per heavy atom. The predicted molar refractivity (Wildman–Crippen MR) is 68.5 cm³/mol. The van der Waals surface area contributed by atoms with Gasteiger partial charge in [-0.2, -0.15) is 0 Å². The summed E-state index contributed by atoms with van der Waals surface area (Å²) >= 11 is 6.32. The number of hydrogen-bond donors (Lipinski definition) is 1. The largest absolute Gasteiger partial charge is 0.300 e. The van der Waals surface area contributed by atoms with E-state index in [0.717, 1.165) is 25.3 Å². The quantitative estimate of drug-likeness (QED) is 0.645. The van der Waals surface area contributed by atoms with Gasteiger partial charge in [0.15, 0.2) is 4.34 Å². The Hall–Kier alpha value is -0.700. The van der Waals surface area contributed by atoms with Crippen LogP contribution in [-0.2, 0) is 10.0 Å². The van der Waals surface area contributed by atoms with Crippen molar-refractivity contribution in [2.45, 2.75) is 23.5 Å². The first-order valence-corrected chi connectivity index (χ1v) is 8.01. The van der Waals surface area contributed by atoms with Gasteiger partial charge in [-0.15, -0.1) is 11.3 Å². The molecule has 0 saturated heterocycles. The molecule has 0 aliphatic heterocycles. The van der Waals surface area contributed by atoms with E-state index in [4.69, 9.17) is 11.6 Å². The molecule has 0 atom stereocenters. The molecule has 1 heterocycles. The topological polar surface area (TPSA) is 89.3 Å². The summed E-state index contributed by atoms with van der Waals surface area (Å²) in [5, 5.41) is 10.6. The fourth-order valence-corrected chi connectivity index (χ4v) is 4.23. The highest BCUT2D eigenvalue weighted by molar-refractivity contribution is 7.91. The summed E-state index contributed by atoms with van der Waals surface area (Å²) in [7, 11) is -3.68. The van der Waals surface area contributed by atoms with Crippen LogP contribution in [0.25, 0.3) is 0 Å². The van der Waals surface area contributed by atoms with Crippen LogP contribution in [0.15, 0.2) is 10.3 Å². The van der Waals surface area contributed by atoms with E-state index >= 15 is 0 Å². The van der Waals surface area contributed by atoms with E-state index in [9.17, 15) is 18.5 Å². The van der Waals surface area contributed by atoms with Crippen molar-refractivity contribution in [2.24, 2.45) is 5.92 Å². The van der Waals surface area contributed by atoms with Crippen LogP contribution < -0.4 is 4.72 Å². The van der Waals surface area contributed by atoms with Crippen molar-refractivity contribution in [3.05, 3.63) is 20.5 Å². The van der Waals surface area contributed by atoms with Gasteiger partial charge in [0, 0.05) is 12.6 Å². The number of hydrogen-bond acceptors (Lipinski definition) is 5. The summed E-state index contributed by atoms with van der Waals surface area (Å²) in [6, 6.07) is 0.993. The number of halogens is 1. The number of nitrogens with one attached hydrogen (secondary N) is 1. The molecule has 1 aromatic rings. The maximum absolute atomic E-state index is 11.8. The van der Waals surface area contributed by atoms with Crippen molar-refractivity contribution in [3.8, 4) is 0 Å². The Balaban J connectivity index is 2.08. The Kier molecular flexibility index (Phi) is 3.90. The van der Waals surface area contributed by atoms with Crippen LogP contribution in [0.1, 0.15) is 19.3 Å². The van der Waals surface area contributed by atoms with Crippen molar-refractivity contribution in [2.75, 3.05) is 6.54 Å². The molecule has 6 nitrogen and oxygen atoms in total. The second-order valence-corrected chi connectivity index (χ2v) is 7.76. The van der Waals surface area contributed by atoms with Crippen LogP contribution >= 0.6 is 22.9 Å². The van der Waals surface area contributed by atoms with Gasteiger partial charge in [-0.1, -0.05) is 24.4 Å². The van der Waals surface area contributed by atoms with Crippen LogP contribution in [0.3, 0.4) is 0 Å². The van der Waals surface area contributed by atoms with Crippen LogP contribution in [0, 0.1) is 16.0 Å². The SMILES string of the molecule is O=[N+]([O-])c1cc(S(=O)(=O)NCCC2CC2)sc1Cl. The third-order valence-corrected chi connectivity index (χ3v) is 5.92. The summed E-state index contributed by atoms with van der Waals surface area (Å²) in [5.41, 5.74) is -0.371. The number of thiophene rings is 1. The number of sulfonamides is 1. The van der Waals surface area contributed by atoms with E-state index in [1.165, 1.54) is 0 Å². The first kappa shape index (κ1) is 13.7. The van der Waals surface area contributed by atoms with E-state index in [1.807, 2.05) is 0 Å². The molecule has 0 amide bonds. The summed E-state index contributed by atoms with van der Waals surface area (Å²) < 4.78 is 25.9. The number of nitrogens with zero attached hydrogens (tertiary/aromatic N) is 1. The van der Waals surface area contributed by atoms with E-state index in [1.54, 1.807) is 0 Å². The Morgan fingerprint density at radius 3 is 2.72 bits per heavy atom. The lowest BCUT2D eigenvalue weighted by atomic mass is 10.3. The van der Waals surface area contributed by atoms with Crippen LogP contribution in [0.2, 0.25) is 4.34 Å². The minimum absolute atomic E-state index is 0.116. The molecular formula is C9H11ClN2O4S2. The van der Waals surface area contributed by atoms with Crippen molar-refractivity contribution in [1.82, 2.24) is 4.72 Å². The molecule has 0 unspecified atom stereocenters. The summed E-state index contributed by atoms with van der Waals surface area (Å²) in [4.78, 5) is 9.89. The van der Waals surface area contributed by atoms with E-state index in [0.29, 0.717) is 23.8 Å². The van der Waals surface area contributed by atoms with Crippen LogP contribution in [-0.4, -0.2) is 19.9 Å². The molecule has 100 valence electrons. The molecule has 1 aromatic heterocycles. The molecule has 9 heteroatoms. The monoisotopic (exact) mass is 310 g/mol. The molecule has 2 rings (SSSR count). The summed E-state index contributed by atoms with van der Waals surface area (Å²) in [6.07, 6.45) is 3.11. The maximum Gasteiger partial charge on any atom is 0.300 e. The second kappa shape index (κ2) is 5.12. The van der Waals surface area contributed by atoms with Crippen molar-refractivity contribution < 1.29 is 13.3 Å². The van der Waals surface area contributed by atoms with Gasteiger partial charge in [0.05, 0.1) is 4.92 Å². The van der Waals surface area contributed by atoms with Gasteiger partial charge in [-0.25, -0.2) is 13.1 Å². The standard InChI is InChI=1S/C9H11ClN2O4S2/c10-9-7(12(13)14)5-8(17-9)18(15,16)11-4-3-6-1-2-6/h5-6,11H,1-4H2. The second-order valence-electron chi connectivity index (χ2n) is 4.11. The highest BCUT2D eigenvalue weighted by atomic mass is 35.5. The van der Waals surface area contributed by atoms with Gasteiger partial charge in [0.25, 0.3) is 5.69 Å². The molecule has 0 spiro atoms. The van der Waals surface area contributed by atoms with Gasteiger partial charge in [-0.05, 0) is 12.3 Å². The zero-order chi connectivity index (χ0) is 13.3. The third-order valence-electron chi connectivity index (χ3n) is 2.65. The predicted octanol–water partition coefficient (Wildman–Crippen LogP) is 2.39. The molecule has 1 saturated carbocycles. The number of nitro groups is 1. The van der Waals surface area contributed by atoms with E-state index < -0.39 is 14.9 Å². The summed E-state index contributed by atoms with van der Waals surface area (Å²) in [5.74, 6) is 0.619. The normalized spacial score (nSPS) is 15.8. The van der Waals surface area contributed by atoms with Gasteiger partial charge in [0.2, 0.25) is 10.0 Å². The fraction of sp³-hybridized carbons (Fsp3) is 0.556. The van der Waals surface area contributed by atoms with Crippen LogP contribution in [0.4, 0.5) is 5.69 Å². The lowest BCUT2D eigenvalue weighted by molar-refractivity contribution is -0.384. The molecule has 1 fully saturated rings. The first-order valence-electron chi connectivity index (χ1n) is 5.33. The highest BCUT2D eigenvalue weighted by Crippen LogP contribution is 2.36. The summed E-state index contributed by atoms with van der Waals surface area (Å²) in [6.45, 7) is 0.357. The molecule has 1 N–H and O–H groups in total. The van der Waals surface area contributed by atoms with Gasteiger partial charge < -0.3 is 0 Å². The third kappa shape index (κ3) is 3.19. The first-order chi connectivity index (χ1) is 8.40. The van der Waals surface area contributed by atoms with Gasteiger partial charge in [0.1, 0.15) is 4.21 Å². The average molecular weight is 311 g/mol. The van der Waals surface area contributed by atoms with Gasteiger partial charge in [-0.3, -0.25) is 10.1 Å². The van der Waals surface area contributed by atoms with E-state index in [2.05, 4.69) is 4.72 Å². The minimum atomic E-state index is -3.68. The Labute approximate surface area is 113 Å². The van der Waals surface area contributed by atoms with Crippen LogP contribution in [0.5, 0.6) is 0 Å². The smallest absolute Gasteiger partial charge is 0.258 e. The maximum atomic E-state index is 11.8. The van der Waals surface area contributed by atoms with Gasteiger partial charge >= 0.3 is 0 Å². The van der Waals surface area contributed by atoms with Crippen molar-refractivity contribution in [1.29, 1.82) is 0 Å². The molecule has 0 bridgehead atoms. The average Bonchev–Trinajstić information content (AvgIpc) is 2.98. The Morgan fingerprint density at radius 1 is 1.56 bits per heavy atom. The fourth-order valence-electron chi connectivity index (χ4n) is 1.47. The zero-order valence-corrected chi connectivity index (χ0v) is 11.6. The molecular weight excluding hydrogens is 300 g/mol. The highest BCUT2D eigenvalue weighted by Gasteiger charge is 2.26. The lowest BCUT2D eigenvalue weighted by Crippen LogP contribution is -2.24. The van der Waals surface area contributed by atoms with E-state index in [-0.39, 0.29) is 14.2 Å². The van der Waals surface area contributed by atoms with Crippen molar-refractivity contribution >= 4 is 38.6 Å². The van der Waals surface area contributed by atoms with Crippen molar-refractivity contribution in [3.63, 3.8) is 0 Å². The molecule has 18 heavy (non-hydrogen) atoms. The lowest BCUT2D eigenvalue weighted by Gasteiger charge is -2.02. The number of rotatable bonds is 6. The molecule has 0 radical (unpaired) electrons. The Bertz CT molecular complexity index is 565.